The van der Waals surface area contributed by atoms with Crippen molar-refractivity contribution in [3.63, 3.8) is 0 Å². The largest absolute Gasteiger partial charge is 0.496 e. The third-order valence-corrected chi connectivity index (χ3v) is 11.5. The highest BCUT2D eigenvalue weighted by molar-refractivity contribution is 5.91. The van der Waals surface area contributed by atoms with Gasteiger partial charge in [0.25, 0.3) is 0 Å². The van der Waals surface area contributed by atoms with E-state index in [1.54, 1.807) is 13.3 Å². The lowest BCUT2D eigenvalue weighted by molar-refractivity contribution is -0.123. The number of hydrogen-bond acceptors (Lipinski definition) is 7. The number of aromatic nitrogens is 1. The average Bonchev–Trinajstić information content (AvgIpc) is 3.86. The van der Waals surface area contributed by atoms with E-state index in [1.807, 2.05) is 48.7 Å². The van der Waals surface area contributed by atoms with Gasteiger partial charge in [0.05, 0.1) is 7.11 Å². The Hall–Kier alpha value is -3.30. The van der Waals surface area contributed by atoms with E-state index >= 15 is 0 Å². The SMILES string of the molecule is COc1ccncc1CN1CCC(N(CCCCOCCCCN2CC[C@@H](C(C(N)=O)(c3ccccc3)c3ccccc3)C2)CC2CC2)CC1. The van der Waals surface area contributed by atoms with Gasteiger partial charge >= 0.3 is 0 Å². The number of amides is 1. The first kappa shape index (κ1) is 36.5. The third kappa shape index (κ3) is 9.32. The van der Waals surface area contributed by atoms with Crippen LogP contribution in [0.4, 0.5) is 0 Å². The van der Waals surface area contributed by atoms with Crippen LogP contribution in [0.3, 0.4) is 0 Å². The number of carbonyl (C=O) groups excluding carboxylic acids is 1. The second kappa shape index (κ2) is 18.3. The van der Waals surface area contributed by atoms with Gasteiger partial charge in [-0.2, -0.15) is 0 Å². The lowest BCUT2D eigenvalue weighted by atomic mass is 9.64. The molecule has 1 saturated carbocycles. The summed E-state index contributed by atoms with van der Waals surface area (Å²) >= 11 is 0. The van der Waals surface area contributed by atoms with E-state index in [9.17, 15) is 4.79 Å². The van der Waals surface area contributed by atoms with Gasteiger partial charge in [-0.3, -0.25) is 14.7 Å². The number of unbranched alkanes of at least 4 members (excludes halogenated alkanes) is 2. The fourth-order valence-corrected chi connectivity index (χ4v) is 8.55. The van der Waals surface area contributed by atoms with Gasteiger partial charge in [-0.25, -0.2) is 0 Å². The summed E-state index contributed by atoms with van der Waals surface area (Å²) in [7, 11) is 1.74. The second-order valence-corrected chi connectivity index (χ2v) is 14.9. The Balaban J connectivity index is 0.876. The monoisotopic (exact) mass is 681 g/mol. The number of primary amides is 1. The predicted molar refractivity (Wildman–Crippen MR) is 200 cm³/mol. The summed E-state index contributed by atoms with van der Waals surface area (Å²) < 4.78 is 11.7. The van der Waals surface area contributed by atoms with Crippen molar-refractivity contribution in [1.29, 1.82) is 0 Å². The molecular formula is C42H59N5O3. The maximum absolute atomic E-state index is 13.4. The van der Waals surface area contributed by atoms with Gasteiger partial charge in [0.1, 0.15) is 11.2 Å². The molecule has 0 unspecified atom stereocenters. The summed E-state index contributed by atoms with van der Waals surface area (Å²) in [6.45, 7) is 10.2. The number of pyridine rings is 1. The number of methoxy groups -OCH3 is 1. The number of carbonyl (C=O) groups is 1. The molecule has 0 bridgehead atoms. The highest BCUT2D eigenvalue weighted by Gasteiger charge is 2.49. The minimum absolute atomic E-state index is 0.143. The Kier molecular flexibility index (Phi) is 13.3. The zero-order valence-electron chi connectivity index (χ0n) is 30.3. The summed E-state index contributed by atoms with van der Waals surface area (Å²) in [6.07, 6.45) is 14.5. The van der Waals surface area contributed by atoms with Crippen LogP contribution in [0, 0.1) is 11.8 Å². The lowest BCUT2D eigenvalue weighted by Gasteiger charge is -2.39. The van der Waals surface area contributed by atoms with Gasteiger partial charge in [0, 0.05) is 56.8 Å². The molecule has 3 fully saturated rings. The summed E-state index contributed by atoms with van der Waals surface area (Å²) in [4.78, 5) is 25.6. The summed E-state index contributed by atoms with van der Waals surface area (Å²) in [5.41, 5.74) is 8.64. The maximum Gasteiger partial charge on any atom is 0.232 e. The minimum Gasteiger partial charge on any atom is -0.496 e. The van der Waals surface area contributed by atoms with Crippen LogP contribution in [0.2, 0.25) is 0 Å². The molecule has 8 nitrogen and oxygen atoms in total. The molecule has 2 aliphatic heterocycles. The molecule has 8 heteroatoms. The molecule has 270 valence electrons. The van der Waals surface area contributed by atoms with Crippen LogP contribution in [-0.2, 0) is 21.5 Å². The molecule has 1 atom stereocenters. The molecule has 6 rings (SSSR count). The fraction of sp³-hybridized carbons (Fsp3) is 0.571. The van der Waals surface area contributed by atoms with Crippen molar-refractivity contribution in [1.82, 2.24) is 19.7 Å². The Morgan fingerprint density at radius 2 is 1.52 bits per heavy atom. The van der Waals surface area contributed by atoms with E-state index in [1.165, 1.54) is 50.8 Å². The summed E-state index contributed by atoms with van der Waals surface area (Å²) in [6, 6.07) is 23.0. The number of nitrogens with zero attached hydrogens (tertiary/aromatic N) is 4. The number of benzene rings is 2. The number of hydrogen-bond donors (Lipinski definition) is 1. The predicted octanol–water partition coefficient (Wildman–Crippen LogP) is 6.14. The molecule has 2 N–H and O–H groups in total. The van der Waals surface area contributed by atoms with Gasteiger partial charge in [0.15, 0.2) is 0 Å². The van der Waals surface area contributed by atoms with Crippen LogP contribution in [0.5, 0.6) is 5.75 Å². The van der Waals surface area contributed by atoms with Crippen LogP contribution >= 0.6 is 0 Å². The van der Waals surface area contributed by atoms with Crippen LogP contribution < -0.4 is 10.5 Å². The van der Waals surface area contributed by atoms with Crippen molar-refractivity contribution in [3.05, 3.63) is 95.8 Å². The van der Waals surface area contributed by atoms with Gasteiger partial charge in [-0.1, -0.05) is 60.7 Å². The van der Waals surface area contributed by atoms with Crippen LogP contribution in [0.15, 0.2) is 79.1 Å². The zero-order valence-corrected chi connectivity index (χ0v) is 30.3. The second-order valence-electron chi connectivity index (χ2n) is 14.9. The lowest BCUT2D eigenvalue weighted by Crippen LogP contribution is -2.49. The topological polar surface area (TPSA) is 84.2 Å². The quantitative estimate of drug-likeness (QED) is 0.144. The molecule has 3 heterocycles. The van der Waals surface area contributed by atoms with Crippen molar-refractivity contribution >= 4 is 5.91 Å². The highest BCUT2D eigenvalue weighted by Crippen LogP contribution is 2.43. The Morgan fingerprint density at radius 3 is 2.16 bits per heavy atom. The standard InChI is InChI=1S/C42H59N5O3/c1-49-40-18-22-44-30-35(40)32-46-26-20-39(21-27-46)47(31-34-16-17-34)24-9-11-29-50-28-10-8-23-45-25-19-38(33-45)42(41(43)48,36-12-4-2-5-13-36)37-14-6-3-7-15-37/h2-7,12-15,18,22,30,34,38-39H,8-11,16-17,19-21,23-29,31-33H2,1H3,(H2,43,48)/t38-/m1/s1. The molecule has 3 aromatic rings. The normalized spacial score (nSPS) is 19.3. The third-order valence-electron chi connectivity index (χ3n) is 11.5. The van der Waals surface area contributed by atoms with E-state index in [0.29, 0.717) is 6.04 Å². The van der Waals surface area contributed by atoms with Crippen LogP contribution in [0.1, 0.15) is 74.5 Å². The smallest absolute Gasteiger partial charge is 0.232 e. The molecule has 2 saturated heterocycles. The molecule has 0 spiro atoms. The molecule has 1 amide bonds. The minimum atomic E-state index is -0.819. The molecular weight excluding hydrogens is 622 g/mol. The van der Waals surface area contributed by atoms with Gasteiger partial charge < -0.3 is 25.0 Å². The van der Waals surface area contributed by atoms with E-state index in [-0.39, 0.29) is 11.8 Å². The average molecular weight is 682 g/mol. The van der Waals surface area contributed by atoms with Gasteiger partial charge in [-0.05, 0) is 120 Å². The Morgan fingerprint density at radius 1 is 0.860 bits per heavy atom. The molecule has 3 aliphatic rings. The highest BCUT2D eigenvalue weighted by atomic mass is 16.5. The van der Waals surface area contributed by atoms with E-state index in [4.69, 9.17) is 15.2 Å². The Labute approximate surface area is 300 Å². The van der Waals surface area contributed by atoms with Crippen molar-refractivity contribution in [2.24, 2.45) is 17.6 Å². The first-order chi connectivity index (χ1) is 24.6. The molecule has 50 heavy (non-hydrogen) atoms. The van der Waals surface area contributed by atoms with E-state index in [2.05, 4.69) is 43.9 Å². The number of piperidine rings is 1. The fourth-order valence-electron chi connectivity index (χ4n) is 8.55. The van der Waals surface area contributed by atoms with E-state index < -0.39 is 5.41 Å². The maximum atomic E-state index is 13.4. The first-order valence-corrected chi connectivity index (χ1v) is 19.2. The number of rotatable bonds is 20. The number of likely N-dealkylation sites (tertiary alicyclic amines) is 2. The zero-order chi connectivity index (χ0) is 34.6. The molecule has 0 radical (unpaired) electrons. The van der Waals surface area contributed by atoms with Crippen LogP contribution in [0.25, 0.3) is 0 Å². The van der Waals surface area contributed by atoms with Crippen molar-refractivity contribution in [2.75, 3.05) is 66.1 Å². The summed E-state index contributed by atoms with van der Waals surface area (Å²) in [5, 5.41) is 0. The van der Waals surface area contributed by atoms with E-state index in [0.717, 1.165) is 101 Å². The molecule has 1 aromatic heterocycles. The Bertz CT molecular complexity index is 1400. The molecule has 2 aromatic carbocycles. The van der Waals surface area contributed by atoms with Gasteiger partial charge in [0.2, 0.25) is 5.91 Å². The number of nitrogens with two attached hydrogens (primary N) is 1. The van der Waals surface area contributed by atoms with Crippen LogP contribution in [-0.4, -0.2) is 97.8 Å². The van der Waals surface area contributed by atoms with Crippen molar-refractivity contribution in [2.45, 2.75) is 75.8 Å². The van der Waals surface area contributed by atoms with Crippen molar-refractivity contribution < 1.29 is 14.3 Å². The first-order valence-electron chi connectivity index (χ1n) is 19.2. The molecule has 1 aliphatic carbocycles. The summed E-state index contributed by atoms with van der Waals surface area (Å²) in [5.74, 6) is 1.74. The number of ether oxygens (including phenoxy) is 2. The van der Waals surface area contributed by atoms with Crippen molar-refractivity contribution in [3.8, 4) is 5.75 Å². The van der Waals surface area contributed by atoms with Gasteiger partial charge in [-0.15, -0.1) is 0 Å².